The molecule has 0 radical (unpaired) electrons. The first-order chi connectivity index (χ1) is 11.2. The van der Waals surface area contributed by atoms with Crippen molar-refractivity contribution in [2.24, 2.45) is 0 Å². The van der Waals surface area contributed by atoms with Crippen molar-refractivity contribution >= 4 is 29.2 Å². The first kappa shape index (κ1) is 15.8. The van der Waals surface area contributed by atoms with Crippen LogP contribution >= 0.6 is 23.2 Å². The van der Waals surface area contributed by atoms with E-state index in [1.54, 1.807) is 22.9 Å². The van der Waals surface area contributed by atoms with Crippen molar-refractivity contribution in [2.45, 2.75) is 26.4 Å². The van der Waals surface area contributed by atoms with E-state index < -0.39 is 0 Å². The highest BCUT2D eigenvalue weighted by Gasteiger charge is 2.11. The first-order valence-corrected chi connectivity index (χ1v) is 7.97. The Morgan fingerprint density at radius 3 is 2.91 bits per heavy atom. The van der Waals surface area contributed by atoms with Crippen molar-refractivity contribution < 1.29 is 4.42 Å². The van der Waals surface area contributed by atoms with Gasteiger partial charge in [0.2, 0.25) is 5.95 Å². The summed E-state index contributed by atoms with van der Waals surface area (Å²) in [6.07, 6.45) is 0.956. The molecule has 2 aromatic heterocycles. The number of furan rings is 1. The van der Waals surface area contributed by atoms with Crippen molar-refractivity contribution in [3.05, 3.63) is 46.1 Å². The summed E-state index contributed by atoms with van der Waals surface area (Å²) in [6.45, 7) is 3.30. The van der Waals surface area contributed by atoms with Crippen LogP contribution in [0.25, 0.3) is 11.3 Å². The third kappa shape index (κ3) is 3.65. The minimum absolute atomic E-state index is 0.474. The summed E-state index contributed by atoms with van der Waals surface area (Å²) in [7, 11) is 0. The molecule has 0 atom stereocenters. The van der Waals surface area contributed by atoms with E-state index in [9.17, 15) is 0 Å². The van der Waals surface area contributed by atoms with E-state index in [4.69, 9.17) is 27.6 Å². The molecule has 2 heterocycles. The number of hydrogen-bond acceptors (Lipinski definition) is 5. The summed E-state index contributed by atoms with van der Waals surface area (Å²) in [5.41, 5.74) is 0.765. The Labute approximate surface area is 143 Å². The number of nitrogens with one attached hydrogen (secondary N) is 1. The molecule has 0 saturated carbocycles. The van der Waals surface area contributed by atoms with Gasteiger partial charge in [-0.15, -0.1) is 0 Å². The molecule has 0 fully saturated rings. The number of anilines is 1. The topological polar surface area (TPSA) is 68.8 Å². The molecule has 6 nitrogen and oxygen atoms in total. The number of nitrogens with zero attached hydrogens (tertiary/aromatic N) is 4. The first-order valence-electron chi connectivity index (χ1n) is 7.21. The van der Waals surface area contributed by atoms with Crippen LogP contribution in [0.2, 0.25) is 10.0 Å². The van der Waals surface area contributed by atoms with Crippen molar-refractivity contribution in [3.8, 4) is 11.3 Å². The van der Waals surface area contributed by atoms with Crippen LogP contribution in [0.1, 0.15) is 19.1 Å². The molecule has 120 valence electrons. The lowest BCUT2D eigenvalue weighted by atomic mass is 10.2. The molecule has 1 N–H and O–H groups in total. The van der Waals surface area contributed by atoms with Crippen molar-refractivity contribution in [2.75, 3.05) is 5.32 Å². The molecule has 0 aliphatic carbocycles. The molecular weight excluding hydrogens is 337 g/mol. The number of halogens is 2. The van der Waals surface area contributed by atoms with E-state index in [1.165, 1.54) is 0 Å². The second kappa shape index (κ2) is 7.02. The molecule has 0 bridgehead atoms. The van der Waals surface area contributed by atoms with E-state index in [-0.39, 0.29) is 0 Å². The van der Waals surface area contributed by atoms with Gasteiger partial charge >= 0.3 is 0 Å². The number of tetrazole rings is 1. The Morgan fingerprint density at radius 2 is 2.09 bits per heavy atom. The van der Waals surface area contributed by atoms with Crippen LogP contribution in [0.4, 0.5) is 5.95 Å². The van der Waals surface area contributed by atoms with Gasteiger partial charge in [0.1, 0.15) is 11.5 Å². The Hall–Kier alpha value is -2.05. The van der Waals surface area contributed by atoms with Gasteiger partial charge in [-0.3, -0.25) is 0 Å². The zero-order valence-corrected chi connectivity index (χ0v) is 14.0. The third-order valence-corrected chi connectivity index (χ3v) is 3.81. The van der Waals surface area contributed by atoms with Crippen molar-refractivity contribution in [1.82, 2.24) is 20.2 Å². The molecule has 23 heavy (non-hydrogen) atoms. The normalized spacial score (nSPS) is 10.9. The molecule has 3 rings (SSSR count). The zero-order chi connectivity index (χ0) is 16.2. The van der Waals surface area contributed by atoms with Crippen LogP contribution in [0.5, 0.6) is 0 Å². The molecule has 1 aromatic carbocycles. The highest BCUT2D eigenvalue weighted by Crippen LogP contribution is 2.31. The van der Waals surface area contributed by atoms with Crippen LogP contribution < -0.4 is 5.32 Å². The highest BCUT2D eigenvalue weighted by molar-refractivity contribution is 6.35. The van der Waals surface area contributed by atoms with Gasteiger partial charge in [0.25, 0.3) is 0 Å². The maximum atomic E-state index is 6.19. The standard InChI is InChI=1S/C15H15Cl2N5O/c1-2-7-22-15(19-20-21-22)18-9-11-4-6-14(23-11)12-8-10(16)3-5-13(12)17/h3-6,8H,2,7,9H2,1H3,(H,18,19,21). The van der Waals surface area contributed by atoms with Crippen LogP contribution in [0.15, 0.2) is 34.7 Å². The third-order valence-electron chi connectivity index (χ3n) is 3.24. The maximum Gasteiger partial charge on any atom is 0.243 e. The van der Waals surface area contributed by atoms with E-state index in [1.807, 2.05) is 12.1 Å². The monoisotopic (exact) mass is 351 g/mol. The van der Waals surface area contributed by atoms with E-state index in [0.29, 0.717) is 28.3 Å². The smallest absolute Gasteiger partial charge is 0.243 e. The zero-order valence-electron chi connectivity index (χ0n) is 12.5. The molecule has 8 heteroatoms. The maximum absolute atomic E-state index is 6.19. The number of aryl methyl sites for hydroxylation is 1. The van der Waals surface area contributed by atoms with Gasteiger partial charge in [-0.25, -0.2) is 4.68 Å². The summed E-state index contributed by atoms with van der Waals surface area (Å²) in [5, 5.41) is 15.9. The Bertz CT molecular complexity index is 799. The lowest BCUT2D eigenvalue weighted by Crippen LogP contribution is -2.08. The van der Waals surface area contributed by atoms with Crippen molar-refractivity contribution in [3.63, 3.8) is 0 Å². The number of rotatable bonds is 6. The molecule has 0 spiro atoms. The summed E-state index contributed by atoms with van der Waals surface area (Å²) >= 11 is 12.2. The van der Waals surface area contributed by atoms with Crippen molar-refractivity contribution in [1.29, 1.82) is 0 Å². The predicted molar refractivity (Wildman–Crippen MR) is 89.6 cm³/mol. The summed E-state index contributed by atoms with van der Waals surface area (Å²) < 4.78 is 7.54. The average Bonchev–Trinajstić information content (AvgIpc) is 3.17. The Kier molecular flexibility index (Phi) is 4.83. The number of hydrogen-bond donors (Lipinski definition) is 1. The summed E-state index contributed by atoms with van der Waals surface area (Å²) in [6, 6.07) is 9.02. The van der Waals surface area contributed by atoms with Gasteiger partial charge in [0.05, 0.1) is 11.6 Å². The number of aromatic nitrogens is 4. The molecule has 0 aliphatic heterocycles. The fraction of sp³-hybridized carbons (Fsp3) is 0.267. The van der Waals surface area contributed by atoms with Gasteiger partial charge in [-0.2, -0.15) is 0 Å². The van der Waals surface area contributed by atoms with E-state index in [2.05, 4.69) is 27.8 Å². The SMILES string of the molecule is CCCn1nnnc1NCc1ccc(-c2cc(Cl)ccc2Cl)o1. The fourth-order valence-corrected chi connectivity index (χ4v) is 2.55. The summed E-state index contributed by atoms with van der Waals surface area (Å²) in [4.78, 5) is 0. The average molecular weight is 352 g/mol. The van der Waals surface area contributed by atoms with Crippen LogP contribution in [-0.4, -0.2) is 20.2 Å². The van der Waals surface area contributed by atoms with Gasteiger partial charge in [0, 0.05) is 17.1 Å². The molecule has 3 aromatic rings. The van der Waals surface area contributed by atoms with Gasteiger partial charge in [-0.1, -0.05) is 35.2 Å². The highest BCUT2D eigenvalue weighted by atomic mass is 35.5. The van der Waals surface area contributed by atoms with E-state index >= 15 is 0 Å². The molecular formula is C15H15Cl2N5O. The Balaban J connectivity index is 1.72. The molecule has 0 aliphatic rings. The molecule has 0 saturated heterocycles. The van der Waals surface area contributed by atoms with Gasteiger partial charge in [0.15, 0.2) is 0 Å². The van der Waals surface area contributed by atoms with Gasteiger partial charge < -0.3 is 9.73 Å². The second-order valence-electron chi connectivity index (χ2n) is 4.97. The second-order valence-corrected chi connectivity index (χ2v) is 5.81. The van der Waals surface area contributed by atoms with Crippen LogP contribution in [-0.2, 0) is 13.1 Å². The molecule has 0 unspecified atom stereocenters. The van der Waals surface area contributed by atoms with Gasteiger partial charge in [-0.05, 0) is 47.2 Å². The van der Waals surface area contributed by atoms with E-state index in [0.717, 1.165) is 24.3 Å². The quantitative estimate of drug-likeness (QED) is 0.718. The predicted octanol–water partition coefficient (Wildman–Crippen LogP) is 4.26. The lowest BCUT2D eigenvalue weighted by molar-refractivity contribution is 0.528. The van der Waals surface area contributed by atoms with Crippen LogP contribution in [0, 0.1) is 0 Å². The largest absolute Gasteiger partial charge is 0.459 e. The lowest BCUT2D eigenvalue weighted by Gasteiger charge is -2.04. The molecule has 0 amide bonds. The fourth-order valence-electron chi connectivity index (χ4n) is 2.16. The summed E-state index contributed by atoms with van der Waals surface area (Å²) in [5.74, 6) is 2.04. The minimum atomic E-state index is 0.474. The minimum Gasteiger partial charge on any atom is -0.459 e. The van der Waals surface area contributed by atoms with Crippen LogP contribution in [0.3, 0.4) is 0 Å². The number of benzene rings is 1. The Morgan fingerprint density at radius 1 is 1.22 bits per heavy atom.